The molecule has 24 heavy (non-hydrogen) atoms. The van der Waals surface area contributed by atoms with Crippen LogP contribution in [0.4, 0.5) is 0 Å². The maximum absolute atomic E-state index is 12.5. The highest BCUT2D eigenvalue weighted by Gasteiger charge is 2.37. The lowest BCUT2D eigenvalue weighted by molar-refractivity contribution is -0.128. The molecule has 3 N–H and O–H groups in total. The number of halogens is 2. The zero-order valence-corrected chi connectivity index (χ0v) is 17.4. The Morgan fingerprint density at radius 2 is 1.62 bits per heavy atom. The van der Waals surface area contributed by atoms with Crippen molar-refractivity contribution in [2.75, 3.05) is 19.6 Å². The molecule has 2 aliphatic rings. The van der Waals surface area contributed by atoms with E-state index < -0.39 is 5.54 Å². The number of nitrogens with two attached hydrogens (primary N) is 1. The van der Waals surface area contributed by atoms with Crippen molar-refractivity contribution in [2.45, 2.75) is 77.3 Å². The number of nitrogens with zero attached hydrogens (tertiary/aromatic N) is 1. The summed E-state index contributed by atoms with van der Waals surface area (Å²) in [5.41, 5.74) is 5.69. The van der Waals surface area contributed by atoms with Gasteiger partial charge in [0.05, 0.1) is 5.54 Å². The van der Waals surface area contributed by atoms with Crippen LogP contribution in [-0.2, 0) is 4.79 Å². The van der Waals surface area contributed by atoms with Crippen LogP contribution < -0.4 is 11.1 Å². The van der Waals surface area contributed by atoms with E-state index in [9.17, 15) is 4.79 Å². The lowest BCUT2D eigenvalue weighted by Crippen LogP contribution is -2.60. The molecule has 0 spiro atoms. The van der Waals surface area contributed by atoms with Gasteiger partial charge in [-0.15, -0.1) is 24.8 Å². The zero-order valence-electron chi connectivity index (χ0n) is 15.8. The fourth-order valence-electron chi connectivity index (χ4n) is 4.15. The average molecular weight is 382 g/mol. The standard InChI is InChI=1S/C18H35N3O.2ClH/c1-14-10-15(2)12-21(11-14)17(3,4)13-20-16(22)18(19)8-6-5-7-9-18;;/h14-15H,5-13,19H2,1-4H3,(H,20,22);2*1H. The normalized spacial score (nSPS) is 27.5. The van der Waals surface area contributed by atoms with Crippen LogP contribution in [0.1, 0.15) is 66.2 Å². The highest BCUT2D eigenvalue weighted by molar-refractivity contribution is 5.86. The first-order valence-electron chi connectivity index (χ1n) is 9.05. The van der Waals surface area contributed by atoms with Crippen molar-refractivity contribution in [3.63, 3.8) is 0 Å². The van der Waals surface area contributed by atoms with Crippen molar-refractivity contribution in [1.29, 1.82) is 0 Å². The van der Waals surface area contributed by atoms with Gasteiger partial charge in [0.2, 0.25) is 5.91 Å². The van der Waals surface area contributed by atoms with Gasteiger partial charge >= 0.3 is 0 Å². The van der Waals surface area contributed by atoms with Crippen LogP contribution in [0.2, 0.25) is 0 Å². The highest BCUT2D eigenvalue weighted by Crippen LogP contribution is 2.28. The Morgan fingerprint density at radius 1 is 1.12 bits per heavy atom. The number of hydrogen-bond donors (Lipinski definition) is 2. The number of nitrogens with one attached hydrogen (secondary N) is 1. The molecule has 1 saturated carbocycles. The Morgan fingerprint density at radius 3 is 2.12 bits per heavy atom. The molecule has 1 aliphatic carbocycles. The molecule has 0 aromatic carbocycles. The van der Waals surface area contributed by atoms with E-state index in [0.29, 0.717) is 6.54 Å². The summed E-state index contributed by atoms with van der Waals surface area (Å²) < 4.78 is 0. The molecule has 0 aromatic heterocycles. The minimum absolute atomic E-state index is 0. The second-order valence-corrected chi connectivity index (χ2v) is 8.56. The molecule has 2 unspecified atom stereocenters. The number of likely N-dealkylation sites (tertiary alicyclic amines) is 1. The van der Waals surface area contributed by atoms with Gasteiger partial charge < -0.3 is 11.1 Å². The van der Waals surface area contributed by atoms with Gasteiger partial charge in [-0.2, -0.15) is 0 Å². The Labute approximate surface area is 160 Å². The summed E-state index contributed by atoms with van der Waals surface area (Å²) in [5.74, 6) is 1.52. The minimum Gasteiger partial charge on any atom is -0.353 e. The molecule has 1 aliphatic heterocycles. The monoisotopic (exact) mass is 381 g/mol. The van der Waals surface area contributed by atoms with Crippen molar-refractivity contribution in [3.05, 3.63) is 0 Å². The van der Waals surface area contributed by atoms with Crippen molar-refractivity contribution in [1.82, 2.24) is 10.2 Å². The molecule has 1 heterocycles. The maximum Gasteiger partial charge on any atom is 0.240 e. The van der Waals surface area contributed by atoms with Crippen LogP contribution in [0.5, 0.6) is 0 Å². The molecule has 1 amide bonds. The van der Waals surface area contributed by atoms with Crippen LogP contribution in [-0.4, -0.2) is 41.5 Å². The molecule has 1 saturated heterocycles. The Balaban J connectivity index is 0.00000264. The van der Waals surface area contributed by atoms with Gasteiger partial charge in [-0.1, -0.05) is 33.1 Å². The second-order valence-electron chi connectivity index (χ2n) is 8.56. The molecule has 2 rings (SSSR count). The van der Waals surface area contributed by atoms with Crippen LogP contribution in [0.3, 0.4) is 0 Å². The third-order valence-corrected chi connectivity index (χ3v) is 5.60. The fourth-order valence-corrected chi connectivity index (χ4v) is 4.15. The Kier molecular flexibility index (Phi) is 9.60. The predicted octanol–water partition coefficient (Wildman–Crippen LogP) is 3.36. The lowest BCUT2D eigenvalue weighted by Gasteiger charge is -2.45. The number of carbonyl (C=O) groups excluding carboxylic acids is 1. The van der Waals surface area contributed by atoms with Gasteiger partial charge in [0.1, 0.15) is 0 Å². The van der Waals surface area contributed by atoms with Crippen LogP contribution in [0.25, 0.3) is 0 Å². The molecule has 6 heteroatoms. The fraction of sp³-hybridized carbons (Fsp3) is 0.944. The van der Waals surface area contributed by atoms with E-state index in [2.05, 4.69) is 37.9 Å². The topological polar surface area (TPSA) is 58.4 Å². The smallest absolute Gasteiger partial charge is 0.240 e. The first-order valence-corrected chi connectivity index (χ1v) is 9.05. The van der Waals surface area contributed by atoms with Gasteiger partial charge in [-0.3, -0.25) is 9.69 Å². The third kappa shape index (κ3) is 6.05. The summed E-state index contributed by atoms with van der Waals surface area (Å²) in [5, 5.41) is 3.15. The summed E-state index contributed by atoms with van der Waals surface area (Å²) in [6.07, 6.45) is 6.34. The van der Waals surface area contributed by atoms with E-state index in [0.717, 1.165) is 50.6 Å². The van der Waals surface area contributed by atoms with E-state index in [4.69, 9.17) is 5.73 Å². The number of piperidine rings is 1. The lowest BCUT2D eigenvalue weighted by atomic mass is 9.81. The van der Waals surface area contributed by atoms with Gasteiger partial charge in [0, 0.05) is 25.2 Å². The van der Waals surface area contributed by atoms with Gasteiger partial charge in [-0.25, -0.2) is 0 Å². The molecule has 0 aromatic rings. The Bertz CT molecular complexity index is 388. The first kappa shape index (κ1) is 24.0. The average Bonchev–Trinajstić information content (AvgIpc) is 2.44. The van der Waals surface area contributed by atoms with Crippen molar-refractivity contribution in [3.8, 4) is 0 Å². The number of hydrogen-bond acceptors (Lipinski definition) is 3. The summed E-state index contributed by atoms with van der Waals surface area (Å²) >= 11 is 0. The van der Waals surface area contributed by atoms with E-state index >= 15 is 0 Å². The summed E-state index contributed by atoms with van der Waals surface area (Å²) in [7, 11) is 0. The minimum atomic E-state index is -0.628. The molecule has 2 atom stereocenters. The molecule has 4 nitrogen and oxygen atoms in total. The zero-order chi connectivity index (χ0) is 16.4. The third-order valence-electron chi connectivity index (χ3n) is 5.60. The van der Waals surface area contributed by atoms with Crippen LogP contribution in [0, 0.1) is 11.8 Å². The largest absolute Gasteiger partial charge is 0.353 e. The van der Waals surface area contributed by atoms with Crippen molar-refractivity contribution in [2.24, 2.45) is 17.6 Å². The summed E-state index contributed by atoms with van der Waals surface area (Å²) in [4.78, 5) is 15.1. The summed E-state index contributed by atoms with van der Waals surface area (Å²) in [6.45, 7) is 12.1. The SMILES string of the molecule is CC1CC(C)CN(C(C)(C)CNC(=O)C2(N)CCCCC2)C1.Cl.Cl. The molecule has 0 radical (unpaired) electrons. The van der Waals surface area contributed by atoms with E-state index in [-0.39, 0.29) is 36.3 Å². The van der Waals surface area contributed by atoms with Crippen LogP contribution >= 0.6 is 24.8 Å². The molecule has 0 bridgehead atoms. The van der Waals surface area contributed by atoms with Gasteiger partial charge in [0.15, 0.2) is 0 Å². The molecular formula is C18H37Cl2N3O. The molecule has 2 fully saturated rings. The van der Waals surface area contributed by atoms with Crippen LogP contribution in [0.15, 0.2) is 0 Å². The van der Waals surface area contributed by atoms with E-state index in [1.165, 1.54) is 12.8 Å². The van der Waals surface area contributed by atoms with E-state index in [1.54, 1.807) is 0 Å². The number of carbonyl (C=O) groups is 1. The highest BCUT2D eigenvalue weighted by atomic mass is 35.5. The van der Waals surface area contributed by atoms with Crippen molar-refractivity contribution >= 4 is 30.7 Å². The number of amides is 1. The van der Waals surface area contributed by atoms with Gasteiger partial charge in [0.25, 0.3) is 0 Å². The van der Waals surface area contributed by atoms with Gasteiger partial charge in [-0.05, 0) is 44.9 Å². The predicted molar refractivity (Wildman–Crippen MR) is 106 cm³/mol. The Hall–Kier alpha value is -0.0300. The second kappa shape index (κ2) is 9.61. The summed E-state index contributed by atoms with van der Waals surface area (Å²) in [6, 6.07) is 0. The quantitative estimate of drug-likeness (QED) is 0.784. The van der Waals surface area contributed by atoms with Crippen molar-refractivity contribution < 1.29 is 4.79 Å². The number of rotatable bonds is 4. The van der Waals surface area contributed by atoms with E-state index in [1.807, 2.05) is 0 Å². The molecule has 144 valence electrons. The maximum atomic E-state index is 12.5. The molecular weight excluding hydrogens is 345 g/mol. The first-order chi connectivity index (χ1) is 10.2.